The van der Waals surface area contributed by atoms with Crippen LogP contribution < -0.4 is 0 Å². The minimum atomic E-state index is -0.275. The Morgan fingerprint density at radius 3 is 2.67 bits per heavy atom. The van der Waals surface area contributed by atoms with Crippen LogP contribution >= 0.6 is 0 Å². The van der Waals surface area contributed by atoms with Gasteiger partial charge in [-0.2, -0.15) is 0 Å². The molecule has 3 heterocycles. The van der Waals surface area contributed by atoms with Crippen molar-refractivity contribution in [1.29, 1.82) is 0 Å². The molecule has 6 nitrogen and oxygen atoms in total. The number of rotatable bonds is 3. The monoisotopic (exact) mass is 298 g/mol. The lowest BCUT2D eigenvalue weighted by molar-refractivity contribution is -0.217. The van der Waals surface area contributed by atoms with Gasteiger partial charge in [-0.05, 0) is 19.3 Å². The minimum absolute atomic E-state index is 0.0145. The molecule has 1 aliphatic carbocycles. The van der Waals surface area contributed by atoms with Crippen molar-refractivity contribution < 1.29 is 28.5 Å². The summed E-state index contributed by atoms with van der Waals surface area (Å²) in [6.07, 6.45) is 3.87. The van der Waals surface area contributed by atoms with Crippen molar-refractivity contribution in [2.75, 3.05) is 19.8 Å². The maximum Gasteiger partial charge on any atom is 0.306 e. The Morgan fingerprint density at radius 2 is 1.90 bits per heavy atom. The van der Waals surface area contributed by atoms with Crippen LogP contribution in [-0.2, 0) is 28.5 Å². The van der Waals surface area contributed by atoms with Crippen molar-refractivity contribution >= 4 is 5.97 Å². The molecule has 0 bridgehead atoms. The summed E-state index contributed by atoms with van der Waals surface area (Å²) >= 11 is 0. The SMILES string of the molecule is O=C1C[C@H]2[C@H](C3OCCO3)[C@@H](OC3CCCCO3)C[C@H]2O1. The third-order valence-electron chi connectivity index (χ3n) is 4.98. The van der Waals surface area contributed by atoms with Gasteiger partial charge in [0.2, 0.25) is 0 Å². The van der Waals surface area contributed by atoms with Crippen LogP contribution in [0.25, 0.3) is 0 Å². The summed E-state index contributed by atoms with van der Waals surface area (Å²) < 4.78 is 28.7. The number of ether oxygens (including phenoxy) is 5. The normalized spacial score (nSPS) is 44.0. The third-order valence-corrected chi connectivity index (χ3v) is 4.98. The number of carbonyl (C=O) groups excluding carboxylic acids is 1. The molecule has 0 aromatic rings. The molecule has 5 atom stereocenters. The summed E-state index contributed by atoms with van der Waals surface area (Å²) in [7, 11) is 0. The Bertz CT molecular complexity index is 388. The van der Waals surface area contributed by atoms with E-state index >= 15 is 0 Å². The lowest BCUT2D eigenvalue weighted by atomic mass is 9.91. The zero-order valence-corrected chi connectivity index (χ0v) is 12.1. The highest BCUT2D eigenvalue weighted by Gasteiger charge is 2.55. The Kier molecular flexibility index (Phi) is 3.87. The fourth-order valence-corrected chi connectivity index (χ4v) is 4.03. The molecule has 118 valence electrons. The molecule has 1 saturated carbocycles. The highest BCUT2D eigenvalue weighted by Crippen LogP contribution is 2.46. The summed E-state index contributed by atoms with van der Waals surface area (Å²) in [6, 6.07) is 0. The maximum absolute atomic E-state index is 11.5. The van der Waals surface area contributed by atoms with Crippen LogP contribution in [-0.4, -0.2) is 50.6 Å². The van der Waals surface area contributed by atoms with Crippen LogP contribution in [0.1, 0.15) is 32.1 Å². The minimum Gasteiger partial charge on any atom is -0.462 e. The van der Waals surface area contributed by atoms with Gasteiger partial charge < -0.3 is 23.7 Å². The second-order valence-electron chi connectivity index (χ2n) is 6.29. The van der Waals surface area contributed by atoms with E-state index in [0.29, 0.717) is 19.6 Å². The van der Waals surface area contributed by atoms with Gasteiger partial charge in [0, 0.05) is 24.9 Å². The molecule has 3 saturated heterocycles. The molecular weight excluding hydrogens is 276 g/mol. The van der Waals surface area contributed by atoms with Gasteiger partial charge in [-0.15, -0.1) is 0 Å². The molecule has 3 aliphatic heterocycles. The zero-order chi connectivity index (χ0) is 14.2. The Labute approximate surface area is 124 Å². The standard InChI is InChI=1S/C15H22O6/c16-12-7-9-10(20-12)8-11(14(9)15-18-5-6-19-15)21-13-3-1-2-4-17-13/h9-11,13-15H,1-8H2/t9-,10-,11+,13?,14+/m1/s1. The average molecular weight is 298 g/mol. The van der Waals surface area contributed by atoms with E-state index in [4.69, 9.17) is 23.7 Å². The van der Waals surface area contributed by atoms with Crippen LogP contribution in [0.2, 0.25) is 0 Å². The van der Waals surface area contributed by atoms with Gasteiger partial charge in [0.1, 0.15) is 6.10 Å². The van der Waals surface area contributed by atoms with E-state index in [1.807, 2.05) is 0 Å². The van der Waals surface area contributed by atoms with Gasteiger partial charge >= 0.3 is 5.97 Å². The van der Waals surface area contributed by atoms with E-state index in [1.54, 1.807) is 0 Å². The summed E-state index contributed by atoms with van der Waals surface area (Å²) in [5.41, 5.74) is 0. The van der Waals surface area contributed by atoms with Gasteiger partial charge in [-0.25, -0.2) is 0 Å². The first-order valence-electron chi connectivity index (χ1n) is 8.01. The number of hydrogen-bond donors (Lipinski definition) is 0. The Morgan fingerprint density at radius 1 is 1.05 bits per heavy atom. The molecular formula is C15H22O6. The van der Waals surface area contributed by atoms with E-state index < -0.39 is 0 Å². The molecule has 6 heteroatoms. The zero-order valence-electron chi connectivity index (χ0n) is 12.1. The van der Waals surface area contributed by atoms with Gasteiger partial charge in [0.05, 0.1) is 25.7 Å². The van der Waals surface area contributed by atoms with Crippen molar-refractivity contribution in [3.8, 4) is 0 Å². The first kappa shape index (κ1) is 13.9. The highest BCUT2D eigenvalue weighted by atomic mass is 16.7. The first-order valence-corrected chi connectivity index (χ1v) is 8.01. The number of fused-ring (bicyclic) bond motifs is 1. The Hall–Kier alpha value is -0.690. The molecule has 21 heavy (non-hydrogen) atoms. The van der Waals surface area contributed by atoms with E-state index in [9.17, 15) is 4.79 Å². The molecule has 0 radical (unpaired) electrons. The molecule has 4 fully saturated rings. The third kappa shape index (κ3) is 2.70. The van der Waals surface area contributed by atoms with E-state index in [1.165, 1.54) is 0 Å². The number of esters is 1. The van der Waals surface area contributed by atoms with E-state index in [-0.39, 0.29) is 42.6 Å². The molecule has 0 aromatic heterocycles. The second-order valence-corrected chi connectivity index (χ2v) is 6.29. The summed E-state index contributed by atoms with van der Waals surface area (Å²) in [5.74, 6) is 0.101. The largest absolute Gasteiger partial charge is 0.462 e. The van der Waals surface area contributed by atoms with Crippen molar-refractivity contribution in [1.82, 2.24) is 0 Å². The van der Waals surface area contributed by atoms with E-state index in [2.05, 4.69) is 0 Å². The lowest BCUT2D eigenvalue weighted by Gasteiger charge is -2.31. The van der Waals surface area contributed by atoms with E-state index in [0.717, 1.165) is 32.3 Å². The maximum atomic E-state index is 11.5. The second kappa shape index (κ2) is 5.83. The first-order chi connectivity index (χ1) is 10.3. The van der Waals surface area contributed by atoms with Crippen LogP contribution in [0.4, 0.5) is 0 Å². The lowest BCUT2D eigenvalue weighted by Crippen LogP contribution is -2.38. The van der Waals surface area contributed by atoms with Crippen LogP contribution in [0.15, 0.2) is 0 Å². The molecule has 0 spiro atoms. The topological polar surface area (TPSA) is 63.2 Å². The summed E-state index contributed by atoms with van der Waals surface area (Å²) in [6.45, 7) is 1.99. The van der Waals surface area contributed by atoms with Crippen LogP contribution in [0, 0.1) is 11.8 Å². The van der Waals surface area contributed by atoms with Crippen molar-refractivity contribution in [3.63, 3.8) is 0 Å². The molecule has 0 aromatic carbocycles. The van der Waals surface area contributed by atoms with Crippen LogP contribution in [0.3, 0.4) is 0 Å². The van der Waals surface area contributed by atoms with Crippen molar-refractivity contribution in [2.45, 2.75) is 56.9 Å². The van der Waals surface area contributed by atoms with Gasteiger partial charge in [0.15, 0.2) is 12.6 Å². The van der Waals surface area contributed by atoms with Crippen molar-refractivity contribution in [3.05, 3.63) is 0 Å². The van der Waals surface area contributed by atoms with Crippen molar-refractivity contribution in [2.24, 2.45) is 11.8 Å². The van der Waals surface area contributed by atoms with Crippen LogP contribution in [0.5, 0.6) is 0 Å². The molecule has 0 amide bonds. The number of carbonyl (C=O) groups is 1. The number of hydrogen-bond acceptors (Lipinski definition) is 6. The molecule has 0 N–H and O–H groups in total. The molecule has 4 rings (SSSR count). The molecule has 1 unspecified atom stereocenters. The predicted molar refractivity (Wildman–Crippen MR) is 70.3 cm³/mol. The fourth-order valence-electron chi connectivity index (χ4n) is 4.03. The highest BCUT2D eigenvalue weighted by molar-refractivity contribution is 5.72. The van der Waals surface area contributed by atoms with Gasteiger partial charge in [0.25, 0.3) is 0 Å². The quantitative estimate of drug-likeness (QED) is 0.730. The average Bonchev–Trinajstić information content (AvgIpc) is 3.16. The summed E-state index contributed by atoms with van der Waals surface area (Å²) in [4.78, 5) is 11.5. The van der Waals surface area contributed by atoms with Gasteiger partial charge in [-0.3, -0.25) is 4.79 Å². The Balaban J connectivity index is 1.47. The smallest absolute Gasteiger partial charge is 0.306 e. The van der Waals surface area contributed by atoms with Gasteiger partial charge in [-0.1, -0.05) is 0 Å². The summed E-state index contributed by atoms with van der Waals surface area (Å²) in [5, 5.41) is 0. The molecule has 4 aliphatic rings. The predicted octanol–water partition coefficient (Wildman–Crippen LogP) is 1.22. The fraction of sp³-hybridized carbons (Fsp3) is 0.933.